The number of aromatic nitrogens is 3. The first-order valence-corrected chi connectivity index (χ1v) is 8.29. The van der Waals surface area contributed by atoms with Gasteiger partial charge in [0.05, 0.1) is 10.5 Å². The molecule has 1 N–H and O–H groups in total. The lowest BCUT2D eigenvalue weighted by molar-refractivity contribution is 0.0902. The zero-order chi connectivity index (χ0) is 19.7. The van der Waals surface area contributed by atoms with Gasteiger partial charge in [0.25, 0.3) is 0 Å². The van der Waals surface area contributed by atoms with Crippen molar-refractivity contribution in [1.29, 1.82) is 0 Å². The van der Waals surface area contributed by atoms with E-state index in [1.165, 1.54) is 17.7 Å². The molecule has 2 aromatic carbocycles. The lowest BCUT2D eigenvalue weighted by atomic mass is 10.1. The van der Waals surface area contributed by atoms with Gasteiger partial charge in [-0.25, -0.2) is 17.6 Å². The highest BCUT2D eigenvalue weighted by atomic mass is 32.2. The molecule has 1 heterocycles. The lowest BCUT2D eigenvalue weighted by Gasteiger charge is -2.08. The predicted octanol–water partition coefficient (Wildman–Crippen LogP) is 3.36. The van der Waals surface area contributed by atoms with Crippen molar-refractivity contribution in [3.8, 4) is 11.4 Å². The molecule has 27 heavy (non-hydrogen) atoms. The highest BCUT2D eigenvalue weighted by Gasteiger charge is 2.22. The molecule has 140 valence electrons. The van der Waals surface area contributed by atoms with Gasteiger partial charge >= 0.3 is 0 Å². The Morgan fingerprint density at radius 2 is 1.67 bits per heavy atom. The van der Waals surface area contributed by atoms with Gasteiger partial charge in [-0.3, -0.25) is 4.79 Å². The van der Waals surface area contributed by atoms with Crippen LogP contribution in [0.15, 0.2) is 40.4 Å². The Morgan fingerprint density at radius 3 is 2.22 bits per heavy atom. The number of halogens is 4. The topological polar surface area (TPSA) is 68.0 Å². The molecule has 5 nitrogen and oxygen atoms in total. The summed E-state index contributed by atoms with van der Waals surface area (Å²) in [6, 6.07) is 4.88. The van der Waals surface area contributed by atoms with Crippen LogP contribution in [-0.2, 0) is 7.05 Å². The third kappa shape index (κ3) is 3.58. The Bertz CT molecular complexity index is 996. The third-order valence-electron chi connectivity index (χ3n) is 3.68. The Balaban J connectivity index is 1.99. The third-order valence-corrected chi connectivity index (χ3v) is 4.81. The van der Waals surface area contributed by atoms with Gasteiger partial charge in [0.1, 0.15) is 29.9 Å². The van der Waals surface area contributed by atoms with E-state index in [4.69, 9.17) is 5.11 Å². The summed E-state index contributed by atoms with van der Waals surface area (Å²) in [6.07, 6.45) is 0. The van der Waals surface area contributed by atoms with Gasteiger partial charge in [-0.1, -0.05) is 6.07 Å². The first-order valence-electron chi connectivity index (χ1n) is 7.48. The summed E-state index contributed by atoms with van der Waals surface area (Å²) in [6.45, 7) is -0.883. The minimum absolute atomic E-state index is 0.0216. The summed E-state index contributed by atoms with van der Waals surface area (Å²) >= 11 is 0.543. The van der Waals surface area contributed by atoms with Crippen LogP contribution < -0.4 is 0 Å². The van der Waals surface area contributed by atoms with Gasteiger partial charge in [0.15, 0.2) is 16.8 Å². The van der Waals surface area contributed by atoms with Gasteiger partial charge in [-0.05, 0) is 36.0 Å². The second kappa shape index (κ2) is 7.49. The standard InChI is InChI=1S/C17H11F4N3O2S/c1-24-16(14-9(18)3-2-4-10(14)19)22-23-17(24)27-15-11(20)5-8(6-12(15)21)13(26)7-25/h2-6,25H,7H2,1H3. The van der Waals surface area contributed by atoms with Gasteiger partial charge in [-0.2, -0.15) is 0 Å². The average Bonchev–Trinajstić information content (AvgIpc) is 2.97. The average molecular weight is 397 g/mol. The predicted molar refractivity (Wildman–Crippen MR) is 88.3 cm³/mol. The Labute approximate surface area is 154 Å². The number of benzene rings is 2. The van der Waals surface area contributed by atoms with Crippen LogP contribution in [0.5, 0.6) is 0 Å². The van der Waals surface area contributed by atoms with Crippen LogP contribution in [0.1, 0.15) is 10.4 Å². The van der Waals surface area contributed by atoms with E-state index in [9.17, 15) is 22.4 Å². The highest BCUT2D eigenvalue weighted by molar-refractivity contribution is 7.99. The molecule has 0 bridgehead atoms. The largest absolute Gasteiger partial charge is 0.388 e. The van der Waals surface area contributed by atoms with Crippen LogP contribution in [0.4, 0.5) is 17.6 Å². The smallest absolute Gasteiger partial charge is 0.196 e. The van der Waals surface area contributed by atoms with Crippen molar-refractivity contribution in [1.82, 2.24) is 14.8 Å². The van der Waals surface area contributed by atoms with E-state index >= 15 is 0 Å². The number of aliphatic hydroxyl groups excluding tert-OH is 1. The summed E-state index contributed by atoms with van der Waals surface area (Å²) in [5, 5.41) is 16.2. The molecule has 0 aliphatic rings. The van der Waals surface area contributed by atoms with Crippen molar-refractivity contribution in [3.63, 3.8) is 0 Å². The fraction of sp³-hybridized carbons (Fsp3) is 0.118. The van der Waals surface area contributed by atoms with Crippen LogP contribution in [0.25, 0.3) is 11.4 Å². The van der Waals surface area contributed by atoms with E-state index in [1.807, 2.05) is 0 Å². The second-order valence-corrected chi connectivity index (χ2v) is 6.39. The van der Waals surface area contributed by atoms with Gasteiger partial charge in [-0.15, -0.1) is 10.2 Å². The van der Waals surface area contributed by atoms with Gasteiger partial charge in [0.2, 0.25) is 0 Å². The molecule has 3 aromatic rings. The van der Waals surface area contributed by atoms with Crippen LogP contribution in [0, 0.1) is 23.3 Å². The number of aliphatic hydroxyl groups is 1. The zero-order valence-corrected chi connectivity index (χ0v) is 14.5. The minimum atomic E-state index is -1.04. The molecule has 0 saturated heterocycles. The zero-order valence-electron chi connectivity index (χ0n) is 13.7. The molecule has 0 amide bonds. The van der Waals surface area contributed by atoms with Crippen molar-refractivity contribution in [2.24, 2.45) is 7.05 Å². The molecule has 0 unspecified atom stereocenters. The van der Waals surface area contributed by atoms with Crippen LogP contribution in [0.2, 0.25) is 0 Å². The maximum absolute atomic E-state index is 14.2. The Kier molecular flexibility index (Phi) is 5.29. The molecule has 0 spiro atoms. The normalized spacial score (nSPS) is 11.0. The van der Waals surface area contributed by atoms with Crippen molar-refractivity contribution < 1.29 is 27.5 Å². The Hall–Kier alpha value is -2.72. The SMILES string of the molecule is Cn1c(Sc2c(F)cc(C(=O)CO)cc2F)nnc1-c1c(F)cccc1F. The number of hydrogen-bond acceptors (Lipinski definition) is 5. The molecular formula is C17H11F4N3O2S. The summed E-state index contributed by atoms with van der Waals surface area (Å²) in [7, 11) is 1.39. The molecule has 0 fully saturated rings. The number of carbonyl (C=O) groups is 1. The van der Waals surface area contributed by atoms with E-state index < -0.39 is 46.1 Å². The minimum Gasteiger partial charge on any atom is -0.388 e. The van der Waals surface area contributed by atoms with E-state index in [-0.39, 0.29) is 16.5 Å². The summed E-state index contributed by atoms with van der Waals surface area (Å²) in [4.78, 5) is 10.9. The second-order valence-electron chi connectivity index (χ2n) is 5.41. The van der Waals surface area contributed by atoms with Crippen LogP contribution >= 0.6 is 11.8 Å². The van der Waals surface area contributed by atoms with E-state index in [0.29, 0.717) is 11.8 Å². The van der Waals surface area contributed by atoms with Crippen molar-refractivity contribution in [2.45, 2.75) is 10.1 Å². The first kappa shape index (κ1) is 19.1. The monoisotopic (exact) mass is 397 g/mol. The van der Waals surface area contributed by atoms with Crippen LogP contribution in [0.3, 0.4) is 0 Å². The molecule has 0 aliphatic carbocycles. The molecule has 3 rings (SSSR count). The van der Waals surface area contributed by atoms with Gasteiger partial charge in [0, 0.05) is 12.6 Å². The number of hydrogen-bond donors (Lipinski definition) is 1. The van der Waals surface area contributed by atoms with Crippen LogP contribution in [-0.4, -0.2) is 32.3 Å². The number of ketones is 1. The number of Topliss-reactive ketones (excluding diaryl/α,β-unsaturated/α-hetero) is 1. The van der Waals surface area contributed by atoms with Gasteiger partial charge < -0.3 is 9.67 Å². The molecule has 1 aromatic heterocycles. The summed E-state index contributed by atoms with van der Waals surface area (Å²) in [5.41, 5.74) is -0.729. The van der Waals surface area contributed by atoms with Crippen molar-refractivity contribution >= 4 is 17.5 Å². The maximum atomic E-state index is 14.2. The first-order chi connectivity index (χ1) is 12.8. The molecule has 0 radical (unpaired) electrons. The number of rotatable bonds is 5. The number of carbonyl (C=O) groups excluding carboxylic acids is 1. The quantitative estimate of drug-likeness (QED) is 0.528. The molecule has 0 atom stereocenters. The summed E-state index contributed by atoms with van der Waals surface area (Å²) < 4.78 is 57.5. The summed E-state index contributed by atoms with van der Waals surface area (Å²) in [5.74, 6) is -4.78. The fourth-order valence-corrected chi connectivity index (χ4v) is 3.13. The van der Waals surface area contributed by atoms with E-state index in [2.05, 4.69) is 10.2 Å². The molecule has 0 aliphatic heterocycles. The molecular weight excluding hydrogens is 386 g/mol. The van der Waals surface area contributed by atoms with E-state index in [1.54, 1.807) is 0 Å². The maximum Gasteiger partial charge on any atom is 0.196 e. The van der Waals surface area contributed by atoms with E-state index in [0.717, 1.165) is 24.3 Å². The number of nitrogens with zero attached hydrogens (tertiary/aromatic N) is 3. The highest BCUT2D eigenvalue weighted by Crippen LogP contribution is 2.34. The van der Waals surface area contributed by atoms with Crippen molar-refractivity contribution in [3.05, 3.63) is 59.2 Å². The molecule has 10 heteroatoms. The lowest BCUT2D eigenvalue weighted by Crippen LogP contribution is -2.06. The fourth-order valence-electron chi connectivity index (χ4n) is 2.33. The molecule has 0 saturated carbocycles. The van der Waals surface area contributed by atoms with Crippen molar-refractivity contribution in [2.75, 3.05) is 6.61 Å². The Morgan fingerprint density at radius 1 is 1.07 bits per heavy atom.